The lowest BCUT2D eigenvalue weighted by atomic mass is 9.96. The van der Waals surface area contributed by atoms with Crippen molar-refractivity contribution in [3.8, 4) is 5.69 Å². The molecule has 0 atom stereocenters. The van der Waals surface area contributed by atoms with Crippen LogP contribution in [0.5, 0.6) is 0 Å². The van der Waals surface area contributed by atoms with Crippen LogP contribution in [-0.4, -0.2) is 44.7 Å². The predicted octanol–water partition coefficient (Wildman–Crippen LogP) is 6.11. The molecule has 1 saturated heterocycles. The number of likely N-dealkylation sites (tertiary alicyclic amines) is 1. The summed E-state index contributed by atoms with van der Waals surface area (Å²) in [6.45, 7) is 7.04. The van der Waals surface area contributed by atoms with Gasteiger partial charge in [-0.3, -0.25) is 0 Å². The third-order valence-corrected chi connectivity index (χ3v) is 6.17. The summed E-state index contributed by atoms with van der Waals surface area (Å²) in [5.41, 5.74) is 2.12. The van der Waals surface area contributed by atoms with Crippen LogP contribution in [0.4, 0.5) is 4.79 Å². The molecule has 166 valence electrons. The Labute approximate surface area is 193 Å². The van der Waals surface area contributed by atoms with E-state index in [-0.39, 0.29) is 6.09 Å². The molecule has 0 unspecified atom stereocenters. The van der Waals surface area contributed by atoms with Crippen LogP contribution in [0.2, 0.25) is 10.0 Å². The lowest BCUT2D eigenvalue weighted by Crippen LogP contribution is -2.41. The fourth-order valence-corrected chi connectivity index (χ4v) is 4.35. The number of benzene rings is 1. The second-order valence-electron chi connectivity index (χ2n) is 9.28. The SMILES string of the molecule is CC(C)(C)OC(=O)N1CCC(/C=C/c2c(C3CC3)nnn2-c2c(Cl)cccc2Cl)CC1. The molecule has 8 heteroatoms. The highest BCUT2D eigenvalue weighted by Gasteiger charge is 2.31. The summed E-state index contributed by atoms with van der Waals surface area (Å²) in [6.07, 6.45) is 8.11. The Balaban J connectivity index is 1.50. The zero-order chi connectivity index (χ0) is 22.2. The molecule has 6 nitrogen and oxygen atoms in total. The van der Waals surface area contributed by atoms with Crippen molar-refractivity contribution >= 4 is 35.4 Å². The second-order valence-corrected chi connectivity index (χ2v) is 10.1. The van der Waals surface area contributed by atoms with Gasteiger partial charge in [-0.15, -0.1) is 5.10 Å². The van der Waals surface area contributed by atoms with Gasteiger partial charge < -0.3 is 9.64 Å². The van der Waals surface area contributed by atoms with Crippen LogP contribution in [0.3, 0.4) is 0 Å². The van der Waals surface area contributed by atoms with Crippen molar-refractivity contribution < 1.29 is 9.53 Å². The third kappa shape index (κ3) is 5.24. The first-order valence-corrected chi connectivity index (χ1v) is 11.5. The predicted molar refractivity (Wildman–Crippen MR) is 123 cm³/mol. The lowest BCUT2D eigenvalue weighted by molar-refractivity contribution is 0.0197. The zero-order valence-corrected chi connectivity index (χ0v) is 19.7. The molecular formula is C23H28Cl2N4O2. The molecule has 0 bridgehead atoms. The van der Waals surface area contributed by atoms with Crippen molar-refractivity contribution in [2.75, 3.05) is 13.1 Å². The second kappa shape index (κ2) is 8.83. The van der Waals surface area contributed by atoms with Gasteiger partial charge in [-0.25, -0.2) is 9.48 Å². The molecule has 1 amide bonds. The Morgan fingerprint density at radius 1 is 1.13 bits per heavy atom. The Morgan fingerprint density at radius 3 is 2.35 bits per heavy atom. The van der Waals surface area contributed by atoms with Crippen molar-refractivity contribution in [1.29, 1.82) is 0 Å². The van der Waals surface area contributed by atoms with E-state index in [2.05, 4.69) is 22.5 Å². The van der Waals surface area contributed by atoms with Gasteiger partial charge in [0.25, 0.3) is 0 Å². The highest BCUT2D eigenvalue weighted by Crippen LogP contribution is 2.42. The number of ether oxygens (including phenoxy) is 1. The molecule has 2 aromatic rings. The van der Waals surface area contributed by atoms with Crippen LogP contribution in [-0.2, 0) is 4.74 Å². The highest BCUT2D eigenvalue weighted by atomic mass is 35.5. The smallest absolute Gasteiger partial charge is 0.410 e. The van der Waals surface area contributed by atoms with Crippen LogP contribution in [0, 0.1) is 5.92 Å². The van der Waals surface area contributed by atoms with Gasteiger partial charge in [-0.2, -0.15) is 0 Å². The fourth-order valence-electron chi connectivity index (χ4n) is 3.79. The molecule has 2 heterocycles. The number of hydrogen-bond acceptors (Lipinski definition) is 4. The summed E-state index contributed by atoms with van der Waals surface area (Å²) < 4.78 is 7.25. The molecule has 1 aromatic heterocycles. The van der Waals surface area contributed by atoms with Crippen LogP contribution in [0.25, 0.3) is 11.8 Å². The van der Waals surface area contributed by atoms with Crippen LogP contribution >= 0.6 is 23.2 Å². The van der Waals surface area contributed by atoms with E-state index in [9.17, 15) is 4.79 Å². The van der Waals surface area contributed by atoms with E-state index in [0.29, 0.717) is 40.7 Å². The molecule has 0 N–H and O–H groups in total. The van der Waals surface area contributed by atoms with Crippen molar-refractivity contribution in [3.63, 3.8) is 0 Å². The molecule has 1 aliphatic carbocycles. The number of carbonyl (C=O) groups is 1. The fraction of sp³-hybridized carbons (Fsp3) is 0.522. The highest BCUT2D eigenvalue weighted by molar-refractivity contribution is 6.37. The molecule has 0 radical (unpaired) electrons. The Kier molecular flexibility index (Phi) is 6.31. The maximum absolute atomic E-state index is 12.3. The normalized spacial score (nSPS) is 18.0. The van der Waals surface area contributed by atoms with Gasteiger partial charge in [0.2, 0.25) is 0 Å². The van der Waals surface area contributed by atoms with Gasteiger partial charge in [-0.05, 0) is 70.6 Å². The molecule has 0 spiro atoms. The average molecular weight is 463 g/mol. The molecule has 31 heavy (non-hydrogen) atoms. The molecular weight excluding hydrogens is 435 g/mol. The minimum atomic E-state index is -0.474. The van der Waals surface area contributed by atoms with Gasteiger partial charge in [0.05, 0.1) is 21.4 Å². The molecule has 1 saturated carbocycles. The van der Waals surface area contributed by atoms with Gasteiger partial charge >= 0.3 is 6.09 Å². The van der Waals surface area contributed by atoms with Crippen molar-refractivity contribution in [1.82, 2.24) is 19.9 Å². The van der Waals surface area contributed by atoms with Crippen LogP contribution in [0.1, 0.15) is 63.8 Å². The number of piperidine rings is 1. The van der Waals surface area contributed by atoms with E-state index in [0.717, 1.165) is 37.1 Å². The summed E-state index contributed by atoms with van der Waals surface area (Å²) in [5, 5.41) is 9.91. The molecule has 2 fully saturated rings. The number of amides is 1. The topological polar surface area (TPSA) is 60.2 Å². The van der Waals surface area contributed by atoms with Crippen molar-refractivity contribution in [3.05, 3.63) is 45.7 Å². The maximum atomic E-state index is 12.3. The summed E-state index contributed by atoms with van der Waals surface area (Å²) in [7, 11) is 0. The largest absolute Gasteiger partial charge is 0.444 e. The first-order valence-electron chi connectivity index (χ1n) is 10.8. The lowest BCUT2D eigenvalue weighted by Gasteiger charge is -2.32. The minimum absolute atomic E-state index is 0.235. The zero-order valence-electron chi connectivity index (χ0n) is 18.1. The van der Waals surface area contributed by atoms with Gasteiger partial charge in [0, 0.05) is 19.0 Å². The van der Waals surface area contributed by atoms with E-state index < -0.39 is 5.60 Å². The Morgan fingerprint density at radius 2 is 1.77 bits per heavy atom. The summed E-state index contributed by atoms with van der Waals surface area (Å²) in [5.74, 6) is 0.819. The number of aromatic nitrogens is 3. The number of rotatable bonds is 4. The van der Waals surface area contributed by atoms with Crippen molar-refractivity contribution in [2.45, 2.75) is 58.0 Å². The summed E-state index contributed by atoms with van der Waals surface area (Å²) in [4.78, 5) is 14.1. The third-order valence-electron chi connectivity index (χ3n) is 5.56. The Bertz CT molecular complexity index is 964. The number of hydrogen-bond donors (Lipinski definition) is 0. The van der Waals surface area contributed by atoms with Gasteiger partial charge in [-0.1, -0.05) is 40.6 Å². The van der Waals surface area contributed by atoms with E-state index in [1.165, 1.54) is 0 Å². The van der Waals surface area contributed by atoms with E-state index in [1.807, 2.05) is 26.8 Å². The first kappa shape index (κ1) is 22.2. The number of halogens is 2. The summed E-state index contributed by atoms with van der Waals surface area (Å²) in [6, 6.07) is 5.43. The molecule has 1 aliphatic heterocycles. The molecule has 2 aliphatic rings. The van der Waals surface area contributed by atoms with E-state index in [4.69, 9.17) is 27.9 Å². The minimum Gasteiger partial charge on any atom is -0.444 e. The van der Waals surface area contributed by atoms with E-state index in [1.54, 1.807) is 21.7 Å². The van der Waals surface area contributed by atoms with E-state index >= 15 is 0 Å². The van der Waals surface area contributed by atoms with Crippen LogP contribution in [0.15, 0.2) is 24.3 Å². The maximum Gasteiger partial charge on any atom is 0.410 e. The van der Waals surface area contributed by atoms with Crippen LogP contribution < -0.4 is 0 Å². The number of para-hydroxylation sites is 1. The summed E-state index contributed by atoms with van der Waals surface area (Å²) >= 11 is 12.9. The number of allylic oxidation sites excluding steroid dienone is 1. The number of nitrogens with zero attached hydrogens (tertiary/aromatic N) is 4. The monoisotopic (exact) mass is 462 g/mol. The van der Waals surface area contributed by atoms with Crippen molar-refractivity contribution in [2.24, 2.45) is 5.92 Å². The average Bonchev–Trinajstić information content (AvgIpc) is 3.46. The quantitative estimate of drug-likeness (QED) is 0.549. The molecule has 4 rings (SSSR count). The number of carbonyl (C=O) groups excluding carboxylic acids is 1. The molecule has 1 aromatic carbocycles. The van der Waals surface area contributed by atoms with Gasteiger partial charge in [0.15, 0.2) is 0 Å². The first-order chi connectivity index (χ1) is 14.7. The Hall–Kier alpha value is -2.05. The van der Waals surface area contributed by atoms with Gasteiger partial charge in [0.1, 0.15) is 11.3 Å². The standard InChI is InChI=1S/C23H28Cl2N4O2/c1-23(2,3)31-22(30)28-13-11-15(12-14-28)7-10-19-20(16-8-9-16)26-27-29(19)21-17(24)5-4-6-18(21)25/h4-7,10,15-16H,8-9,11-14H2,1-3H3/b10-7+.